The normalized spacial score (nSPS) is 11.3. The minimum Gasteiger partial charge on any atom is -0.457 e. The Kier molecular flexibility index (Phi) is 5.25. The van der Waals surface area contributed by atoms with Gasteiger partial charge in [0.1, 0.15) is 11.5 Å². The monoisotopic (exact) mass is 393 g/mol. The van der Waals surface area contributed by atoms with Crippen molar-refractivity contribution < 1.29 is 4.74 Å². The second-order valence-corrected chi connectivity index (χ2v) is 8.17. The van der Waals surface area contributed by atoms with Gasteiger partial charge in [0, 0.05) is 43.7 Å². The molecule has 0 aliphatic carbocycles. The standard InChI is InChI=1S/C21H23N5OS/c1-14(2)6-8-23-21-25-18-5-4-16(11-20(18)28-21)27-17-7-9-22-19(10-17)15-12-24-26(3)13-15/h4-5,7,9-14H,6,8H2,1-3H3,(H,23,25). The first-order valence-corrected chi connectivity index (χ1v) is 10.2. The summed E-state index contributed by atoms with van der Waals surface area (Å²) in [7, 11) is 1.89. The number of fused-ring (bicyclic) bond motifs is 1. The van der Waals surface area contributed by atoms with Crippen LogP contribution in [0.2, 0.25) is 0 Å². The molecule has 28 heavy (non-hydrogen) atoms. The van der Waals surface area contributed by atoms with Crippen molar-refractivity contribution in [1.29, 1.82) is 0 Å². The molecule has 0 saturated carbocycles. The lowest BCUT2D eigenvalue weighted by Gasteiger charge is -2.06. The van der Waals surface area contributed by atoms with Gasteiger partial charge in [-0.3, -0.25) is 9.67 Å². The van der Waals surface area contributed by atoms with Gasteiger partial charge in [-0.15, -0.1) is 0 Å². The highest BCUT2D eigenvalue weighted by atomic mass is 32.1. The van der Waals surface area contributed by atoms with Crippen LogP contribution in [0.3, 0.4) is 0 Å². The van der Waals surface area contributed by atoms with E-state index in [1.165, 1.54) is 0 Å². The van der Waals surface area contributed by atoms with E-state index in [9.17, 15) is 0 Å². The number of ether oxygens (including phenoxy) is 1. The van der Waals surface area contributed by atoms with Crippen molar-refractivity contribution in [3.63, 3.8) is 0 Å². The first kappa shape index (κ1) is 18.4. The van der Waals surface area contributed by atoms with Gasteiger partial charge in [-0.05, 0) is 30.5 Å². The molecule has 0 aliphatic rings. The number of nitrogens with zero attached hydrogens (tertiary/aromatic N) is 4. The molecule has 6 nitrogen and oxygen atoms in total. The molecule has 3 heterocycles. The van der Waals surface area contributed by atoms with Gasteiger partial charge in [0.05, 0.1) is 22.1 Å². The average molecular weight is 394 g/mol. The van der Waals surface area contributed by atoms with E-state index in [0.29, 0.717) is 5.92 Å². The van der Waals surface area contributed by atoms with Crippen molar-refractivity contribution in [2.24, 2.45) is 13.0 Å². The molecule has 0 amide bonds. The van der Waals surface area contributed by atoms with Gasteiger partial charge in [-0.25, -0.2) is 4.98 Å². The summed E-state index contributed by atoms with van der Waals surface area (Å²) in [5.41, 5.74) is 2.78. The fraction of sp³-hybridized carbons (Fsp3) is 0.286. The van der Waals surface area contributed by atoms with E-state index < -0.39 is 0 Å². The Labute approximate surface area is 168 Å². The second kappa shape index (κ2) is 7.98. The van der Waals surface area contributed by atoms with E-state index in [-0.39, 0.29) is 0 Å². The lowest BCUT2D eigenvalue weighted by molar-refractivity contribution is 0.483. The SMILES string of the molecule is CC(C)CCNc1nc2ccc(Oc3ccnc(-c4cnn(C)c4)c3)cc2s1. The largest absolute Gasteiger partial charge is 0.457 e. The van der Waals surface area contributed by atoms with Crippen molar-refractivity contribution >= 4 is 26.7 Å². The molecular formula is C21H23N5OS. The third-order valence-electron chi connectivity index (χ3n) is 4.33. The summed E-state index contributed by atoms with van der Waals surface area (Å²) in [6.07, 6.45) is 6.61. The maximum Gasteiger partial charge on any atom is 0.183 e. The number of benzene rings is 1. The highest BCUT2D eigenvalue weighted by molar-refractivity contribution is 7.22. The molecular weight excluding hydrogens is 370 g/mol. The van der Waals surface area contributed by atoms with Crippen molar-refractivity contribution in [2.75, 3.05) is 11.9 Å². The quantitative estimate of drug-likeness (QED) is 0.459. The Bertz CT molecular complexity index is 1090. The molecule has 0 fully saturated rings. The molecule has 0 unspecified atom stereocenters. The number of pyridine rings is 1. The van der Waals surface area contributed by atoms with Crippen molar-refractivity contribution in [1.82, 2.24) is 19.7 Å². The first-order valence-electron chi connectivity index (χ1n) is 9.34. The lowest BCUT2D eigenvalue weighted by atomic mass is 10.1. The molecule has 0 aliphatic heterocycles. The van der Waals surface area contributed by atoms with Crippen molar-refractivity contribution in [2.45, 2.75) is 20.3 Å². The Morgan fingerprint density at radius 3 is 2.82 bits per heavy atom. The van der Waals surface area contributed by atoms with Gasteiger partial charge < -0.3 is 10.1 Å². The summed E-state index contributed by atoms with van der Waals surface area (Å²) < 4.78 is 8.93. The first-order chi connectivity index (χ1) is 13.6. The van der Waals surface area contributed by atoms with E-state index in [4.69, 9.17) is 4.74 Å². The third-order valence-corrected chi connectivity index (χ3v) is 5.30. The minimum atomic E-state index is 0.679. The fourth-order valence-electron chi connectivity index (χ4n) is 2.83. The topological polar surface area (TPSA) is 64.9 Å². The number of hydrogen-bond acceptors (Lipinski definition) is 6. The van der Waals surface area contributed by atoms with Gasteiger partial charge in [-0.2, -0.15) is 5.10 Å². The number of anilines is 1. The zero-order valence-corrected chi connectivity index (χ0v) is 17.0. The van der Waals surface area contributed by atoms with Crippen LogP contribution in [0.1, 0.15) is 20.3 Å². The molecule has 144 valence electrons. The summed E-state index contributed by atoms with van der Waals surface area (Å²) in [5, 5.41) is 8.57. The summed E-state index contributed by atoms with van der Waals surface area (Å²) in [5.74, 6) is 2.21. The number of rotatable bonds is 7. The summed E-state index contributed by atoms with van der Waals surface area (Å²) in [6, 6.07) is 9.76. The number of hydrogen-bond donors (Lipinski definition) is 1. The number of aryl methyl sites for hydroxylation is 1. The summed E-state index contributed by atoms with van der Waals surface area (Å²) >= 11 is 1.65. The minimum absolute atomic E-state index is 0.679. The van der Waals surface area contributed by atoms with Gasteiger partial charge >= 0.3 is 0 Å². The van der Waals surface area contributed by atoms with Gasteiger partial charge in [0.15, 0.2) is 5.13 Å². The van der Waals surface area contributed by atoms with Crippen molar-refractivity contribution in [3.8, 4) is 22.8 Å². The van der Waals surface area contributed by atoms with E-state index in [1.807, 2.05) is 43.6 Å². The highest BCUT2D eigenvalue weighted by Gasteiger charge is 2.08. The van der Waals surface area contributed by atoms with E-state index >= 15 is 0 Å². The van der Waals surface area contributed by atoms with Crippen LogP contribution in [0.15, 0.2) is 48.9 Å². The smallest absolute Gasteiger partial charge is 0.183 e. The zero-order chi connectivity index (χ0) is 19.5. The predicted octanol–water partition coefficient (Wildman–Crippen LogP) is 5.34. The second-order valence-electron chi connectivity index (χ2n) is 7.14. The molecule has 4 aromatic rings. The van der Waals surface area contributed by atoms with Crippen LogP contribution in [0.5, 0.6) is 11.5 Å². The van der Waals surface area contributed by atoms with Crippen LogP contribution in [-0.2, 0) is 7.05 Å². The highest BCUT2D eigenvalue weighted by Crippen LogP contribution is 2.32. The predicted molar refractivity (Wildman–Crippen MR) is 114 cm³/mol. The number of thiazole rings is 1. The van der Waals surface area contributed by atoms with E-state index in [1.54, 1.807) is 28.4 Å². The van der Waals surface area contributed by atoms with Crippen LogP contribution in [0, 0.1) is 5.92 Å². The van der Waals surface area contributed by atoms with Crippen LogP contribution >= 0.6 is 11.3 Å². The van der Waals surface area contributed by atoms with Crippen molar-refractivity contribution in [3.05, 3.63) is 48.9 Å². The molecule has 0 radical (unpaired) electrons. The maximum atomic E-state index is 6.07. The average Bonchev–Trinajstić information content (AvgIpc) is 3.27. The van der Waals surface area contributed by atoms with Gasteiger partial charge in [0.25, 0.3) is 0 Å². The molecule has 3 aromatic heterocycles. The molecule has 0 saturated heterocycles. The lowest BCUT2D eigenvalue weighted by Crippen LogP contribution is -2.03. The van der Waals surface area contributed by atoms with Gasteiger partial charge in [0.2, 0.25) is 0 Å². The van der Waals surface area contributed by atoms with Crippen LogP contribution in [0.4, 0.5) is 5.13 Å². The van der Waals surface area contributed by atoms with Crippen LogP contribution < -0.4 is 10.1 Å². The number of nitrogens with one attached hydrogen (secondary N) is 1. The Morgan fingerprint density at radius 1 is 1.18 bits per heavy atom. The molecule has 0 spiro atoms. The third kappa shape index (κ3) is 4.31. The Hall–Kier alpha value is -2.93. The summed E-state index contributed by atoms with van der Waals surface area (Å²) in [6.45, 7) is 5.39. The molecule has 7 heteroatoms. The molecule has 0 bridgehead atoms. The van der Waals surface area contributed by atoms with Crippen LogP contribution in [0.25, 0.3) is 21.5 Å². The van der Waals surface area contributed by atoms with E-state index in [0.717, 1.165) is 51.1 Å². The number of aromatic nitrogens is 4. The molecule has 0 atom stereocenters. The fourth-order valence-corrected chi connectivity index (χ4v) is 3.75. The van der Waals surface area contributed by atoms with Gasteiger partial charge in [-0.1, -0.05) is 25.2 Å². The Morgan fingerprint density at radius 2 is 2.04 bits per heavy atom. The van der Waals surface area contributed by atoms with E-state index in [2.05, 4.69) is 34.2 Å². The molecule has 1 N–H and O–H groups in total. The maximum absolute atomic E-state index is 6.07. The van der Waals surface area contributed by atoms with Crippen LogP contribution in [-0.4, -0.2) is 26.3 Å². The molecule has 4 rings (SSSR count). The molecule has 1 aromatic carbocycles. The summed E-state index contributed by atoms with van der Waals surface area (Å²) in [4.78, 5) is 9.06. The zero-order valence-electron chi connectivity index (χ0n) is 16.2. The Balaban J connectivity index is 1.50.